The van der Waals surface area contributed by atoms with E-state index in [2.05, 4.69) is 20.8 Å². The van der Waals surface area contributed by atoms with Crippen LogP contribution in [0.1, 0.15) is 48.0 Å². The van der Waals surface area contributed by atoms with Gasteiger partial charge in [0.05, 0.1) is 5.25 Å². The van der Waals surface area contributed by atoms with Crippen LogP contribution in [-0.4, -0.2) is 14.0 Å². The fourth-order valence-corrected chi connectivity index (χ4v) is 2.48. The maximum atomic E-state index is 11.1. The van der Waals surface area contributed by atoms with Crippen molar-refractivity contribution in [3.05, 3.63) is 0 Å². The lowest BCUT2D eigenvalue weighted by Gasteiger charge is -2.32. The summed E-state index contributed by atoms with van der Waals surface area (Å²) in [7, 11) is 0. The lowest BCUT2D eigenvalue weighted by atomic mass is 9.81. The predicted octanol–water partition coefficient (Wildman–Crippen LogP) is 3.06. The molecular formula is C10H22O2S. The van der Waals surface area contributed by atoms with E-state index in [1.165, 1.54) is 0 Å². The molecule has 2 atom stereocenters. The third kappa shape index (κ3) is 5.42. The molecule has 0 saturated heterocycles. The number of hydrogen-bond acceptors (Lipinski definition) is 1. The van der Waals surface area contributed by atoms with Gasteiger partial charge in [0.2, 0.25) is 0 Å². The molecule has 0 aliphatic heterocycles. The molecule has 0 aromatic carbocycles. The van der Waals surface area contributed by atoms with Gasteiger partial charge in [-0.3, -0.25) is 0 Å². The van der Waals surface area contributed by atoms with Crippen LogP contribution in [0.4, 0.5) is 0 Å². The van der Waals surface area contributed by atoms with Crippen molar-refractivity contribution in [3.8, 4) is 0 Å². The van der Waals surface area contributed by atoms with Crippen molar-refractivity contribution >= 4 is 11.1 Å². The molecule has 13 heavy (non-hydrogen) atoms. The van der Waals surface area contributed by atoms with Crippen LogP contribution in [0.3, 0.4) is 0 Å². The van der Waals surface area contributed by atoms with E-state index in [1.54, 1.807) is 0 Å². The van der Waals surface area contributed by atoms with Crippen LogP contribution in [0.15, 0.2) is 0 Å². The Bertz CT molecular complexity index is 186. The Kier molecular flexibility index (Phi) is 4.13. The lowest BCUT2D eigenvalue weighted by Crippen LogP contribution is -2.34. The highest BCUT2D eigenvalue weighted by molar-refractivity contribution is 7.79. The van der Waals surface area contributed by atoms with E-state index in [9.17, 15) is 8.76 Å². The zero-order valence-electron chi connectivity index (χ0n) is 9.55. The molecule has 0 aliphatic carbocycles. The Morgan fingerprint density at radius 1 is 1.15 bits per heavy atom. The summed E-state index contributed by atoms with van der Waals surface area (Å²) in [6.07, 6.45) is 0.777. The van der Waals surface area contributed by atoms with Crippen LogP contribution in [0, 0.1) is 10.8 Å². The zero-order valence-corrected chi connectivity index (χ0v) is 10.4. The first-order valence-electron chi connectivity index (χ1n) is 4.64. The molecule has 0 fully saturated rings. The highest BCUT2D eigenvalue weighted by Crippen LogP contribution is 2.33. The molecule has 0 saturated carbocycles. The molecule has 0 aromatic rings. The van der Waals surface area contributed by atoms with Gasteiger partial charge in [-0.25, -0.2) is 4.21 Å². The SMILES string of the molecule is CC(C)(C)CC(S(=O)O)C(C)(C)C. The van der Waals surface area contributed by atoms with Gasteiger partial charge in [0.1, 0.15) is 0 Å². The summed E-state index contributed by atoms with van der Waals surface area (Å²) >= 11 is -1.72. The normalized spacial score (nSPS) is 18.4. The summed E-state index contributed by atoms with van der Waals surface area (Å²) in [6, 6.07) is 0. The average molecular weight is 206 g/mol. The quantitative estimate of drug-likeness (QED) is 0.705. The maximum Gasteiger partial charge on any atom is 0.156 e. The van der Waals surface area contributed by atoms with Crippen LogP contribution < -0.4 is 0 Å². The first kappa shape index (κ1) is 13.1. The molecule has 0 amide bonds. The van der Waals surface area contributed by atoms with Gasteiger partial charge in [-0.15, -0.1) is 0 Å². The molecule has 1 N–H and O–H groups in total. The van der Waals surface area contributed by atoms with Crippen molar-refractivity contribution in [2.75, 3.05) is 0 Å². The predicted molar refractivity (Wildman–Crippen MR) is 58.1 cm³/mol. The Hall–Kier alpha value is 0.110. The topological polar surface area (TPSA) is 37.3 Å². The molecule has 0 spiro atoms. The van der Waals surface area contributed by atoms with E-state index in [0.29, 0.717) is 0 Å². The molecule has 0 bridgehead atoms. The molecule has 0 radical (unpaired) electrons. The Balaban J connectivity index is 4.56. The Morgan fingerprint density at radius 3 is 1.62 bits per heavy atom. The minimum Gasteiger partial charge on any atom is -0.306 e. The van der Waals surface area contributed by atoms with Crippen molar-refractivity contribution in [1.82, 2.24) is 0 Å². The minimum atomic E-state index is -1.72. The van der Waals surface area contributed by atoms with Crippen molar-refractivity contribution in [2.45, 2.75) is 53.2 Å². The van der Waals surface area contributed by atoms with E-state index in [-0.39, 0.29) is 16.1 Å². The Labute approximate surface area is 84.4 Å². The second-order valence-corrected chi connectivity index (χ2v) is 7.02. The van der Waals surface area contributed by atoms with E-state index in [1.807, 2.05) is 20.8 Å². The fourth-order valence-electron chi connectivity index (χ4n) is 1.24. The van der Waals surface area contributed by atoms with E-state index >= 15 is 0 Å². The zero-order chi connectivity index (χ0) is 10.9. The summed E-state index contributed by atoms with van der Waals surface area (Å²) < 4.78 is 20.3. The molecule has 0 aromatic heterocycles. The molecule has 80 valence electrons. The monoisotopic (exact) mass is 206 g/mol. The van der Waals surface area contributed by atoms with Crippen LogP contribution in [0.25, 0.3) is 0 Å². The molecule has 0 rings (SSSR count). The standard InChI is InChI=1S/C10H22O2S/c1-9(2,3)7-8(13(11)12)10(4,5)6/h8H,7H2,1-6H3,(H,11,12). The van der Waals surface area contributed by atoms with Crippen LogP contribution in [-0.2, 0) is 11.1 Å². The molecule has 0 heterocycles. The summed E-state index contributed by atoms with van der Waals surface area (Å²) in [4.78, 5) is 0. The summed E-state index contributed by atoms with van der Waals surface area (Å²) in [5.41, 5.74) is 0.00320. The van der Waals surface area contributed by atoms with Gasteiger partial charge >= 0.3 is 0 Å². The number of hydrogen-bond donors (Lipinski definition) is 1. The van der Waals surface area contributed by atoms with Crippen LogP contribution >= 0.6 is 0 Å². The highest BCUT2D eigenvalue weighted by Gasteiger charge is 2.33. The van der Waals surface area contributed by atoms with E-state index in [0.717, 1.165) is 6.42 Å². The molecule has 2 nitrogen and oxygen atoms in total. The molecule has 0 aliphatic rings. The van der Waals surface area contributed by atoms with Gasteiger partial charge in [0.25, 0.3) is 0 Å². The summed E-state index contributed by atoms with van der Waals surface area (Å²) in [5.74, 6) is 0. The summed E-state index contributed by atoms with van der Waals surface area (Å²) in [5, 5.41) is -0.146. The fraction of sp³-hybridized carbons (Fsp3) is 1.00. The van der Waals surface area contributed by atoms with Crippen molar-refractivity contribution in [2.24, 2.45) is 10.8 Å². The first-order chi connectivity index (χ1) is 5.54. The van der Waals surface area contributed by atoms with Gasteiger partial charge in [0, 0.05) is 0 Å². The smallest absolute Gasteiger partial charge is 0.156 e. The number of rotatable bonds is 2. The van der Waals surface area contributed by atoms with Crippen LogP contribution in [0.2, 0.25) is 0 Å². The third-order valence-electron chi connectivity index (χ3n) is 2.01. The molecule has 3 heteroatoms. The van der Waals surface area contributed by atoms with Gasteiger partial charge in [-0.1, -0.05) is 41.5 Å². The molecular weight excluding hydrogens is 184 g/mol. The van der Waals surface area contributed by atoms with Gasteiger partial charge < -0.3 is 4.55 Å². The average Bonchev–Trinajstić information content (AvgIpc) is 1.77. The maximum absolute atomic E-state index is 11.1. The van der Waals surface area contributed by atoms with Gasteiger partial charge in [-0.05, 0) is 17.3 Å². The first-order valence-corrected chi connectivity index (χ1v) is 5.81. The summed E-state index contributed by atoms with van der Waals surface area (Å²) in [6.45, 7) is 12.3. The Morgan fingerprint density at radius 2 is 1.54 bits per heavy atom. The second-order valence-electron chi connectivity index (χ2n) is 5.90. The minimum absolute atomic E-state index is 0.104. The third-order valence-corrected chi connectivity index (χ3v) is 3.37. The second kappa shape index (κ2) is 4.09. The van der Waals surface area contributed by atoms with Gasteiger partial charge in [0.15, 0.2) is 11.1 Å². The van der Waals surface area contributed by atoms with Crippen molar-refractivity contribution in [3.63, 3.8) is 0 Å². The highest BCUT2D eigenvalue weighted by atomic mass is 32.2. The van der Waals surface area contributed by atoms with Crippen molar-refractivity contribution in [1.29, 1.82) is 0 Å². The van der Waals surface area contributed by atoms with Crippen molar-refractivity contribution < 1.29 is 8.76 Å². The largest absolute Gasteiger partial charge is 0.306 e. The van der Waals surface area contributed by atoms with E-state index < -0.39 is 11.1 Å². The van der Waals surface area contributed by atoms with E-state index in [4.69, 9.17) is 0 Å². The lowest BCUT2D eigenvalue weighted by molar-refractivity contribution is 0.274. The van der Waals surface area contributed by atoms with Gasteiger partial charge in [-0.2, -0.15) is 0 Å². The van der Waals surface area contributed by atoms with Crippen LogP contribution in [0.5, 0.6) is 0 Å². The molecule has 2 unspecified atom stereocenters.